The van der Waals surface area contributed by atoms with Gasteiger partial charge in [0.05, 0.1) is 64.2 Å². The van der Waals surface area contributed by atoms with Crippen LogP contribution in [0.4, 0.5) is 11.4 Å². The third kappa shape index (κ3) is 41.1. The maximum Gasteiger partial charge on any atom is 0.317 e. The molecule has 122 heavy (non-hydrogen) atoms. The lowest BCUT2D eigenvalue weighted by atomic mass is 10.0. The molecule has 1 unspecified atom stereocenters. The SMILES string of the molecule is NC(=O)[C@@H](CCCCNC(=O)CNC(=O)CCC(=O)NCCc1cnc[nH]1)NC(=O)[C@@H](CCC(=O)O)NC(=O)[C@@H](CCCCNC(=O)CNC(=O)CCC(=O)NCCc1cnc[nH]1)NC(=O)[C@@H](Cc1ccc(O)cc1)NC(=O)c1ccc(NNC(=S)Nc2ccc(C(CN(CCN(CC(=O)O)CC(=O)O)CC(=O)O)N(CC(=O)O)CC(=O)O)cc2)cc1. The van der Waals surface area contributed by atoms with E-state index in [1.54, 1.807) is 12.4 Å². The van der Waals surface area contributed by atoms with Crippen LogP contribution in [0.5, 0.6) is 5.75 Å². The zero-order valence-electron chi connectivity index (χ0n) is 66.4. The third-order valence-corrected chi connectivity index (χ3v) is 18.2. The van der Waals surface area contributed by atoms with Gasteiger partial charge in [-0.1, -0.05) is 24.3 Å². The van der Waals surface area contributed by atoms with Crippen molar-refractivity contribution in [2.24, 2.45) is 5.73 Å². The number of primary amides is 1. The predicted molar refractivity (Wildman–Crippen MR) is 435 cm³/mol. The molecule has 0 bridgehead atoms. The number of nitrogens with one attached hydrogen (secondary N) is 15. The topological polar surface area (TPSA) is 681 Å². The fraction of sp³-hybridized carbons (Fsp3) is 0.447. The Morgan fingerprint density at radius 3 is 1.34 bits per heavy atom. The van der Waals surface area contributed by atoms with Crippen LogP contribution >= 0.6 is 12.2 Å². The van der Waals surface area contributed by atoms with E-state index in [0.717, 1.165) is 21.2 Å². The van der Waals surface area contributed by atoms with Crippen LogP contribution in [0, 0.1) is 0 Å². The fourth-order valence-corrected chi connectivity index (χ4v) is 12.0. The summed E-state index contributed by atoms with van der Waals surface area (Å²) in [6.07, 6.45) is 5.23. The monoisotopic (exact) mass is 1730 g/mol. The highest BCUT2D eigenvalue weighted by Gasteiger charge is 2.34. The van der Waals surface area contributed by atoms with Crippen LogP contribution in [0.1, 0.15) is 116 Å². The highest BCUT2D eigenvalue weighted by atomic mass is 32.1. The molecule has 11 amide bonds. The largest absolute Gasteiger partial charge is 0.508 e. The number of hydrazine groups is 1. The number of aromatic amines is 2. The quantitative estimate of drug-likeness (QED) is 0.0103. The fourth-order valence-electron chi connectivity index (χ4n) is 11.8. The average molecular weight is 1730 g/mol. The molecule has 0 aliphatic heterocycles. The summed E-state index contributed by atoms with van der Waals surface area (Å²) >= 11 is 5.50. The number of imidazole rings is 2. The van der Waals surface area contributed by atoms with Crippen molar-refractivity contribution in [2.45, 2.75) is 127 Å². The number of carbonyl (C=O) groups excluding carboxylic acids is 11. The van der Waals surface area contributed by atoms with Gasteiger partial charge in [-0.2, -0.15) is 0 Å². The number of rotatable bonds is 60. The molecular formula is C76H103N21O24S. The van der Waals surface area contributed by atoms with Crippen LogP contribution in [0.15, 0.2) is 97.8 Å². The maximum absolute atomic E-state index is 14.7. The molecule has 2 heterocycles. The molecule has 662 valence electrons. The minimum absolute atomic E-state index is 0.00937. The number of unbranched alkanes of at least 4 members (excludes halogenated alkanes) is 2. The molecule has 0 spiro atoms. The first-order valence-corrected chi connectivity index (χ1v) is 38.9. The molecule has 5 rings (SSSR count). The molecule has 46 heteroatoms. The molecule has 0 aliphatic rings. The summed E-state index contributed by atoms with van der Waals surface area (Å²) in [4.78, 5) is 233. The van der Waals surface area contributed by atoms with Crippen LogP contribution in [0.2, 0.25) is 0 Å². The summed E-state index contributed by atoms with van der Waals surface area (Å²) < 4.78 is 0. The van der Waals surface area contributed by atoms with Gasteiger partial charge in [0, 0.05) is 138 Å². The number of thiocarbonyl (C=S) groups is 1. The summed E-state index contributed by atoms with van der Waals surface area (Å²) in [5, 5.41) is 96.6. The van der Waals surface area contributed by atoms with E-state index >= 15 is 0 Å². The number of phenols is 1. The van der Waals surface area contributed by atoms with E-state index in [9.17, 15) is 117 Å². The Kier molecular flexibility index (Phi) is 43.4. The van der Waals surface area contributed by atoms with Gasteiger partial charge in [0.15, 0.2) is 5.11 Å². The lowest BCUT2D eigenvalue weighted by Crippen LogP contribution is -2.58. The number of carbonyl (C=O) groups is 17. The second-order valence-electron chi connectivity index (χ2n) is 27.8. The molecule has 0 radical (unpaired) electrons. The maximum atomic E-state index is 14.7. The Labute approximate surface area is 703 Å². The molecule has 5 atom stereocenters. The number of phenolic OH excluding ortho intramolecular Hbond substituents is 1. The molecule has 0 saturated carbocycles. The Bertz CT molecular complexity index is 4300. The molecule has 2 aromatic heterocycles. The highest BCUT2D eigenvalue weighted by Crippen LogP contribution is 2.25. The first-order valence-electron chi connectivity index (χ1n) is 38.5. The number of aliphatic carboxylic acids is 6. The van der Waals surface area contributed by atoms with Crippen molar-refractivity contribution in [3.8, 4) is 5.75 Å². The van der Waals surface area contributed by atoms with Crippen molar-refractivity contribution < 1.29 is 117 Å². The molecule has 3 aromatic carbocycles. The molecule has 0 saturated heterocycles. The van der Waals surface area contributed by atoms with E-state index in [2.05, 4.69) is 89.3 Å². The smallest absolute Gasteiger partial charge is 0.317 e. The normalized spacial score (nSPS) is 12.2. The molecular weight excluding hydrogens is 1620 g/mol. The van der Waals surface area contributed by atoms with Crippen molar-refractivity contribution in [3.05, 3.63) is 126 Å². The van der Waals surface area contributed by atoms with Crippen molar-refractivity contribution in [2.75, 3.05) is 102 Å². The number of aromatic nitrogens is 4. The summed E-state index contributed by atoms with van der Waals surface area (Å²) in [7, 11) is 0. The van der Waals surface area contributed by atoms with Crippen LogP contribution < -0.4 is 75.1 Å². The van der Waals surface area contributed by atoms with Crippen LogP contribution in [0.25, 0.3) is 0 Å². The van der Waals surface area contributed by atoms with Gasteiger partial charge in [0.2, 0.25) is 59.1 Å². The average Bonchev–Trinajstić information content (AvgIpc) is 0.845. The van der Waals surface area contributed by atoms with Gasteiger partial charge in [0.25, 0.3) is 5.91 Å². The van der Waals surface area contributed by atoms with Crippen LogP contribution in [0.3, 0.4) is 0 Å². The van der Waals surface area contributed by atoms with E-state index in [1.165, 1.54) is 90.4 Å². The van der Waals surface area contributed by atoms with Gasteiger partial charge in [-0.3, -0.25) is 107 Å². The minimum Gasteiger partial charge on any atom is -0.508 e. The Hall–Kier alpha value is -13.8. The molecule has 45 nitrogen and oxygen atoms in total. The van der Waals surface area contributed by atoms with E-state index in [1.807, 2.05) is 0 Å². The minimum atomic E-state index is -1.70. The Morgan fingerprint density at radius 1 is 0.443 bits per heavy atom. The number of H-pyrrole nitrogens is 2. The van der Waals surface area contributed by atoms with Crippen LogP contribution in [-0.4, -0.2) is 292 Å². The van der Waals surface area contributed by atoms with E-state index in [0.29, 0.717) is 48.4 Å². The number of amides is 11. The van der Waals surface area contributed by atoms with Gasteiger partial charge in [0.1, 0.15) is 29.9 Å². The second-order valence-corrected chi connectivity index (χ2v) is 28.2. The molecule has 24 N–H and O–H groups in total. The number of carboxylic acids is 6. The Morgan fingerprint density at radius 2 is 0.877 bits per heavy atom. The number of nitrogens with two attached hydrogens (primary N) is 1. The lowest BCUT2D eigenvalue weighted by Gasteiger charge is -2.34. The highest BCUT2D eigenvalue weighted by molar-refractivity contribution is 7.80. The van der Waals surface area contributed by atoms with Gasteiger partial charge in [-0.05, 0) is 117 Å². The van der Waals surface area contributed by atoms with E-state index in [-0.39, 0.29) is 126 Å². The van der Waals surface area contributed by atoms with E-state index < -0.39 is 184 Å². The summed E-state index contributed by atoms with van der Waals surface area (Å²) in [6, 6.07) is 9.85. The van der Waals surface area contributed by atoms with Gasteiger partial charge < -0.3 is 110 Å². The molecule has 0 aliphatic carbocycles. The summed E-state index contributed by atoms with van der Waals surface area (Å²) in [5.74, 6) is -16.4. The number of hydrogen-bond donors (Lipinski definition) is 23. The second kappa shape index (κ2) is 53.6. The molecule has 5 aromatic rings. The number of nitrogens with zero attached hydrogens (tertiary/aromatic N) is 5. The number of aromatic hydroxyl groups is 1. The van der Waals surface area contributed by atoms with Gasteiger partial charge in [-0.25, -0.2) is 9.97 Å². The zero-order chi connectivity index (χ0) is 89.5. The summed E-state index contributed by atoms with van der Waals surface area (Å²) in [5.41, 5.74) is 14.3. The first kappa shape index (κ1) is 98.8. The van der Waals surface area contributed by atoms with E-state index in [4.69, 9.17) is 18.0 Å². The number of benzene rings is 3. The van der Waals surface area contributed by atoms with Crippen molar-refractivity contribution in [1.82, 2.24) is 93.2 Å². The van der Waals surface area contributed by atoms with Crippen LogP contribution in [-0.2, 0) is 96.0 Å². The standard InChI is InChI=1S/C76H103N21O24S/c77-71(117)54(5-1-3-27-80-63(103)36-84-61(101)22-20-59(99)82-29-25-51-34-78-44-86-51)89-74(120)56(19-24-65(105)106)91-73(119)55(6-2-4-28-81-64(104)37-85-62(102)23-21-60(100)83-30-26-52-35-79-45-87-52)90-75(121)57(33-46-7-17-53(98)18-8-46)92-72(118)48-11-15-50(16-12-48)93-94-76(122)88-49-13-9-47(10-14-49)58(97(42-69(113)114)43-70(115)116)38-95(39-66(107)108)31-32-96(40-67(109)110)41-68(111)112/h7-18,34-35,44-45,54-58,93,98H,1-6,19-33,36-43H2,(H2,77,117)(H,78,86)(H,79,87)(H,80,103)(H,81,104)(H,82,99)(H,83,100)(H,84,101)(H,85,102)(H,89,120)(H,90,121)(H,91,119)(H,92,118)(H,105,106)(H,107,108)(H,109,110)(H,111,112)(H,113,114)(H,115,116)(H2,88,94,122)/t54-,55-,56-,57-,58?/m1/s1. The first-order chi connectivity index (χ1) is 58.2. The zero-order valence-corrected chi connectivity index (χ0v) is 67.2. The number of hydrogen-bond acceptors (Lipinski definition) is 25. The molecule has 0 fully saturated rings. The van der Waals surface area contributed by atoms with Crippen molar-refractivity contribution >= 4 is 129 Å². The van der Waals surface area contributed by atoms with Crippen molar-refractivity contribution in [3.63, 3.8) is 0 Å². The summed E-state index contributed by atoms with van der Waals surface area (Å²) in [6.45, 7) is -4.79. The lowest BCUT2D eigenvalue weighted by molar-refractivity contribution is -0.144. The van der Waals surface area contributed by atoms with Gasteiger partial charge >= 0.3 is 35.8 Å². The van der Waals surface area contributed by atoms with Gasteiger partial charge in [-0.15, -0.1) is 0 Å². The number of carboxylic acid groups (broad SMARTS) is 6. The third-order valence-electron chi connectivity index (χ3n) is 18.0. The van der Waals surface area contributed by atoms with Crippen molar-refractivity contribution in [1.29, 1.82) is 0 Å². The number of anilines is 2. The predicted octanol–water partition coefficient (Wildman–Crippen LogP) is -3.25. The Balaban J connectivity index is 1.26.